The zero-order chi connectivity index (χ0) is 14.8. The highest BCUT2D eigenvalue weighted by Gasteiger charge is 2.10. The monoisotopic (exact) mass is 273 g/mol. The summed E-state index contributed by atoms with van der Waals surface area (Å²) >= 11 is 0. The molecule has 0 spiro atoms. The van der Waals surface area contributed by atoms with Crippen molar-refractivity contribution in [1.29, 1.82) is 0 Å². The van der Waals surface area contributed by atoms with Crippen LogP contribution < -0.4 is 16.0 Å². The minimum atomic E-state index is -0.882. The van der Waals surface area contributed by atoms with Gasteiger partial charge >= 0.3 is 12.0 Å². The van der Waals surface area contributed by atoms with Crippen LogP contribution in [-0.4, -0.2) is 42.1 Å². The van der Waals surface area contributed by atoms with Gasteiger partial charge in [-0.2, -0.15) is 0 Å². The van der Waals surface area contributed by atoms with E-state index in [1.807, 2.05) is 13.8 Å². The Morgan fingerprint density at radius 1 is 1.05 bits per heavy atom. The maximum Gasteiger partial charge on any atom is 0.314 e. The first kappa shape index (κ1) is 17.2. The minimum absolute atomic E-state index is 0.0823. The lowest BCUT2D eigenvalue weighted by atomic mass is 10.1. The van der Waals surface area contributed by atoms with Crippen LogP contribution in [-0.2, 0) is 9.59 Å². The lowest BCUT2D eigenvalue weighted by molar-refractivity contribution is -0.141. The molecule has 0 radical (unpaired) electrons. The number of carboxylic acids is 1. The Hall–Kier alpha value is -1.79. The molecule has 0 bridgehead atoms. The maximum absolute atomic E-state index is 11.3. The quantitative estimate of drug-likeness (QED) is 0.510. The maximum atomic E-state index is 11.3. The molecule has 110 valence electrons. The van der Waals surface area contributed by atoms with Crippen molar-refractivity contribution >= 4 is 17.9 Å². The summed E-state index contributed by atoms with van der Waals surface area (Å²) in [6.45, 7) is 5.85. The molecule has 0 aliphatic carbocycles. The van der Waals surface area contributed by atoms with Gasteiger partial charge < -0.3 is 21.1 Å². The number of nitrogens with one attached hydrogen (secondary N) is 3. The molecule has 0 aliphatic rings. The Balaban J connectivity index is 3.60. The van der Waals surface area contributed by atoms with Gasteiger partial charge in [0, 0.05) is 25.6 Å². The number of rotatable bonds is 8. The van der Waals surface area contributed by atoms with Crippen LogP contribution in [0, 0.1) is 5.92 Å². The van der Waals surface area contributed by atoms with Gasteiger partial charge in [-0.25, -0.2) is 4.79 Å². The van der Waals surface area contributed by atoms with Crippen LogP contribution in [0.2, 0.25) is 0 Å². The van der Waals surface area contributed by atoms with Crippen molar-refractivity contribution in [2.24, 2.45) is 5.92 Å². The van der Waals surface area contributed by atoms with Gasteiger partial charge in [0.05, 0.1) is 5.92 Å². The number of aliphatic carboxylic acids is 1. The van der Waals surface area contributed by atoms with Crippen LogP contribution in [0.25, 0.3) is 0 Å². The Kier molecular flexibility index (Phi) is 8.32. The van der Waals surface area contributed by atoms with E-state index in [-0.39, 0.29) is 31.5 Å². The van der Waals surface area contributed by atoms with Crippen molar-refractivity contribution < 1.29 is 19.5 Å². The summed E-state index contributed by atoms with van der Waals surface area (Å²) in [5.74, 6) is -1.49. The molecule has 4 N–H and O–H groups in total. The summed E-state index contributed by atoms with van der Waals surface area (Å²) in [7, 11) is 0. The first-order valence-electron chi connectivity index (χ1n) is 6.36. The fourth-order valence-corrected chi connectivity index (χ4v) is 1.27. The van der Waals surface area contributed by atoms with E-state index < -0.39 is 17.9 Å². The van der Waals surface area contributed by atoms with Gasteiger partial charge in [0.15, 0.2) is 0 Å². The van der Waals surface area contributed by atoms with E-state index in [0.717, 1.165) is 0 Å². The lowest BCUT2D eigenvalue weighted by Crippen LogP contribution is -2.39. The molecule has 0 aromatic rings. The third-order valence-electron chi connectivity index (χ3n) is 2.37. The molecule has 0 saturated carbocycles. The molecule has 7 heteroatoms. The van der Waals surface area contributed by atoms with Crippen LogP contribution in [0.3, 0.4) is 0 Å². The Morgan fingerprint density at radius 2 is 1.63 bits per heavy atom. The van der Waals surface area contributed by atoms with Crippen LogP contribution in [0.1, 0.15) is 33.6 Å². The Morgan fingerprint density at radius 3 is 2.16 bits per heavy atom. The number of hydrogen-bond acceptors (Lipinski definition) is 3. The molecule has 0 fully saturated rings. The Bertz CT molecular complexity index is 318. The molecular formula is C12H23N3O4. The number of carbonyl (C=O) groups is 3. The number of urea groups is 1. The summed E-state index contributed by atoms with van der Waals surface area (Å²) in [6, 6.07) is -0.311. The standard InChI is InChI=1S/C12H23N3O4/c1-8(2)15-10(16)5-7-14-12(19)13-6-4-9(3)11(17)18/h8-9H,4-7H2,1-3H3,(H,15,16)(H,17,18)(H2,13,14,19). The third-order valence-corrected chi connectivity index (χ3v) is 2.37. The van der Waals surface area contributed by atoms with Gasteiger partial charge in [0.2, 0.25) is 5.91 Å². The number of amides is 3. The average molecular weight is 273 g/mol. The summed E-state index contributed by atoms with van der Waals surface area (Å²) < 4.78 is 0. The number of hydrogen-bond donors (Lipinski definition) is 4. The van der Waals surface area contributed by atoms with E-state index in [4.69, 9.17) is 5.11 Å². The average Bonchev–Trinajstić information content (AvgIpc) is 2.27. The van der Waals surface area contributed by atoms with E-state index in [0.29, 0.717) is 6.42 Å². The highest BCUT2D eigenvalue weighted by Crippen LogP contribution is 1.99. The normalized spacial score (nSPS) is 11.8. The van der Waals surface area contributed by atoms with E-state index in [2.05, 4.69) is 16.0 Å². The van der Waals surface area contributed by atoms with E-state index >= 15 is 0 Å². The van der Waals surface area contributed by atoms with Crippen molar-refractivity contribution in [3.63, 3.8) is 0 Å². The number of carbonyl (C=O) groups excluding carboxylic acids is 2. The largest absolute Gasteiger partial charge is 0.481 e. The van der Waals surface area contributed by atoms with Crippen molar-refractivity contribution in [2.45, 2.75) is 39.7 Å². The second-order valence-electron chi connectivity index (χ2n) is 4.68. The smallest absolute Gasteiger partial charge is 0.314 e. The van der Waals surface area contributed by atoms with Gasteiger partial charge in [-0.15, -0.1) is 0 Å². The fraction of sp³-hybridized carbons (Fsp3) is 0.750. The summed E-state index contributed by atoms with van der Waals surface area (Å²) in [6.07, 6.45) is 0.591. The van der Waals surface area contributed by atoms with Crippen LogP contribution in [0.15, 0.2) is 0 Å². The van der Waals surface area contributed by atoms with E-state index in [1.54, 1.807) is 6.92 Å². The molecule has 0 heterocycles. The fourth-order valence-electron chi connectivity index (χ4n) is 1.27. The second-order valence-corrected chi connectivity index (χ2v) is 4.68. The zero-order valence-electron chi connectivity index (χ0n) is 11.7. The Labute approximate surface area is 113 Å². The molecule has 1 atom stereocenters. The van der Waals surface area contributed by atoms with Gasteiger partial charge in [0.1, 0.15) is 0 Å². The summed E-state index contributed by atoms with van der Waals surface area (Å²) in [5.41, 5.74) is 0. The van der Waals surface area contributed by atoms with Gasteiger partial charge in [-0.05, 0) is 20.3 Å². The molecule has 3 amide bonds. The zero-order valence-corrected chi connectivity index (χ0v) is 11.7. The molecule has 0 aromatic carbocycles. The highest BCUT2D eigenvalue weighted by atomic mass is 16.4. The molecular weight excluding hydrogens is 250 g/mol. The van der Waals surface area contributed by atoms with Gasteiger partial charge in [-0.3, -0.25) is 9.59 Å². The molecule has 1 unspecified atom stereocenters. The second kappa shape index (κ2) is 9.18. The topological polar surface area (TPSA) is 108 Å². The highest BCUT2D eigenvalue weighted by molar-refractivity contribution is 5.78. The predicted octanol–water partition coefficient (Wildman–Crippen LogP) is 0.311. The van der Waals surface area contributed by atoms with Crippen LogP contribution >= 0.6 is 0 Å². The van der Waals surface area contributed by atoms with E-state index in [9.17, 15) is 14.4 Å². The molecule has 0 aliphatic heterocycles. The molecule has 19 heavy (non-hydrogen) atoms. The summed E-state index contributed by atoms with van der Waals surface area (Å²) in [5, 5.41) is 16.4. The van der Waals surface area contributed by atoms with Crippen LogP contribution in [0.4, 0.5) is 4.79 Å². The first-order chi connectivity index (χ1) is 8.82. The third kappa shape index (κ3) is 9.87. The SMILES string of the molecule is CC(C)NC(=O)CCNC(=O)NCCC(C)C(=O)O. The molecule has 0 saturated heterocycles. The number of carboxylic acid groups (broad SMARTS) is 1. The van der Waals surface area contributed by atoms with Crippen molar-refractivity contribution in [2.75, 3.05) is 13.1 Å². The molecule has 0 rings (SSSR count). The minimum Gasteiger partial charge on any atom is -0.481 e. The van der Waals surface area contributed by atoms with Gasteiger partial charge in [0.25, 0.3) is 0 Å². The van der Waals surface area contributed by atoms with Gasteiger partial charge in [-0.1, -0.05) is 6.92 Å². The summed E-state index contributed by atoms with van der Waals surface area (Å²) in [4.78, 5) is 33.1. The van der Waals surface area contributed by atoms with Crippen LogP contribution in [0.5, 0.6) is 0 Å². The van der Waals surface area contributed by atoms with E-state index in [1.165, 1.54) is 0 Å². The predicted molar refractivity (Wildman–Crippen MR) is 70.7 cm³/mol. The molecule has 0 aromatic heterocycles. The van der Waals surface area contributed by atoms with Crippen molar-refractivity contribution in [3.05, 3.63) is 0 Å². The molecule has 7 nitrogen and oxygen atoms in total. The van der Waals surface area contributed by atoms with Crippen molar-refractivity contribution in [3.8, 4) is 0 Å². The van der Waals surface area contributed by atoms with Crippen molar-refractivity contribution in [1.82, 2.24) is 16.0 Å². The first-order valence-corrected chi connectivity index (χ1v) is 6.36. The lowest BCUT2D eigenvalue weighted by Gasteiger charge is -2.10.